The molecule has 0 aromatic carbocycles. The number of rotatable bonds is 4. The van der Waals surface area contributed by atoms with Crippen LogP contribution in [-0.4, -0.2) is 24.0 Å². The monoisotopic (exact) mass is 372 g/mol. The van der Waals surface area contributed by atoms with Crippen molar-refractivity contribution >= 4 is 61.7 Å². The molecule has 0 aliphatic heterocycles. The fourth-order valence-corrected chi connectivity index (χ4v) is 3.31. The number of methoxy groups -OCH3 is 1. The standard InChI is InChI=1S/C12H9BrN2O3S2/c1-18-11(17)8-6-14-12(20-8)15-10(16)5-3-7-2-4-9(13)19-7/h2-6H,1H3,(H,14,15,16). The zero-order chi connectivity index (χ0) is 14.5. The Kier molecular flexibility index (Phi) is 5.05. The third kappa shape index (κ3) is 3.99. The van der Waals surface area contributed by atoms with Crippen LogP contribution in [-0.2, 0) is 9.53 Å². The third-order valence-corrected chi connectivity index (χ3v) is 4.60. The number of hydrogen-bond donors (Lipinski definition) is 1. The molecule has 0 aliphatic carbocycles. The molecule has 2 aromatic rings. The largest absolute Gasteiger partial charge is 0.465 e. The van der Waals surface area contributed by atoms with Gasteiger partial charge in [-0.2, -0.15) is 0 Å². The first kappa shape index (κ1) is 14.9. The van der Waals surface area contributed by atoms with E-state index in [9.17, 15) is 9.59 Å². The molecule has 0 saturated heterocycles. The van der Waals surface area contributed by atoms with Crippen LogP contribution in [0.5, 0.6) is 0 Å². The van der Waals surface area contributed by atoms with Crippen molar-refractivity contribution in [1.82, 2.24) is 4.98 Å². The van der Waals surface area contributed by atoms with Gasteiger partial charge in [-0.25, -0.2) is 9.78 Å². The number of halogens is 1. The number of amides is 1. The second kappa shape index (κ2) is 6.78. The quantitative estimate of drug-likeness (QED) is 0.659. The van der Waals surface area contributed by atoms with Crippen LogP contribution in [0.25, 0.3) is 6.08 Å². The van der Waals surface area contributed by atoms with Gasteiger partial charge < -0.3 is 4.74 Å². The van der Waals surface area contributed by atoms with E-state index >= 15 is 0 Å². The van der Waals surface area contributed by atoms with Crippen molar-refractivity contribution < 1.29 is 14.3 Å². The predicted octanol–water partition coefficient (Wildman–Crippen LogP) is 3.41. The summed E-state index contributed by atoms with van der Waals surface area (Å²) in [7, 11) is 1.29. The molecule has 2 rings (SSSR count). The Labute approximate surface area is 131 Å². The summed E-state index contributed by atoms with van der Waals surface area (Å²) in [5.74, 6) is -0.776. The third-order valence-electron chi connectivity index (χ3n) is 2.12. The Morgan fingerprint density at radius 1 is 1.40 bits per heavy atom. The van der Waals surface area contributed by atoms with Crippen LogP contribution in [0.4, 0.5) is 5.13 Å². The van der Waals surface area contributed by atoms with Crippen LogP contribution in [0.3, 0.4) is 0 Å². The first-order valence-electron chi connectivity index (χ1n) is 5.37. The van der Waals surface area contributed by atoms with Crippen LogP contribution in [0.15, 0.2) is 28.2 Å². The van der Waals surface area contributed by atoms with Crippen molar-refractivity contribution in [3.05, 3.63) is 37.9 Å². The minimum atomic E-state index is -0.470. The summed E-state index contributed by atoms with van der Waals surface area (Å²) < 4.78 is 5.56. The van der Waals surface area contributed by atoms with E-state index in [-0.39, 0.29) is 5.91 Å². The molecule has 20 heavy (non-hydrogen) atoms. The summed E-state index contributed by atoms with van der Waals surface area (Å²) in [6.45, 7) is 0. The molecule has 0 atom stereocenters. The van der Waals surface area contributed by atoms with Gasteiger partial charge in [0.05, 0.1) is 17.1 Å². The number of thiazole rings is 1. The van der Waals surface area contributed by atoms with E-state index < -0.39 is 5.97 Å². The summed E-state index contributed by atoms with van der Waals surface area (Å²) in [5.41, 5.74) is 0. The van der Waals surface area contributed by atoms with E-state index in [1.807, 2.05) is 12.1 Å². The van der Waals surface area contributed by atoms with Crippen LogP contribution in [0.2, 0.25) is 0 Å². The van der Waals surface area contributed by atoms with E-state index in [1.54, 1.807) is 6.08 Å². The Morgan fingerprint density at radius 2 is 2.20 bits per heavy atom. The zero-order valence-electron chi connectivity index (χ0n) is 10.3. The number of anilines is 1. The molecule has 0 fully saturated rings. The second-order valence-corrected chi connectivity index (χ2v) is 7.01. The van der Waals surface area contributed by atoms with Gasteiger partial charge in [-0.3, -0.25) is 10.1 Å². The van der Waals surface area contributed by atoms with Crippen molar-refractivity contribution in [3.8, 4) is 0 Å². The Morgan fingerprint density at radius 3 is 2.85 bits per heavy atom. The van der Waals surface area contributed by atoms with Gasteiger partial charge in [-0.05, 0) is 34.1 Å². The van der Waals surface area contributed by atoms with Crippen molar-refractivity contribution in [1.29, 1.82) is 0 Å². The summed E-state index contributed by atoms with van der Waals surface area (Å²) in [4.78, 5) is 28.2. The van der Waals surface area contributed by atoms with Gasteiger partial charge in [0.2, 0.25) is 5.91 Å². The van der Waals surface area contributed by atoms with Crippen molar-refractivity contribution in [2.45, 2.75) is 0 Å². The number of ether oxygens (including phenoxy) is 1. The number of nitrogens with one attached hydrogen (secondary N) is 1. The highest BCUT2D eigenvalue weighted by Crippen LogP contribution is 2.23. The maximum Gasteiger partial charge on any atom is 0.349 e. The molecular weight excluding hydrogens is 364 g/mol. The van der Waals surface area contributed by atoms with E-state index in [0.29, 0.717) is 10.0 Å². The van der Waals surface area contributed by atoms with Crippen LogP contribution in [0, 0.1) is 0 Å². The highest BCUT2D eigenvalue weighted by atomic mass is 79.9. The maximum atomic E-state index is 11.7. The average Bonchev–Trinajstić information content (AvgIpc) is 3.05. The fourth-order valence-electron chi connectivity index (χ4n) is 1.25. The van der Waals surface area contributed by atoms with Gasteiger partial charge in [0, 0.05) is 11.0 Å². The fraction of sp³-hybridized carbons (Fsp3) is 0.0833. The van der Waals surface area contributed by atoms with Crippen molar-refractivity contribution in [2.75, 3.05) is 12.4 Å². The highest BCUT2D eigenvalue weighted by molar-refractivity contribution is 9.11. The predicted molar refractivity (Wildman–Crippen MR) is 83.1 cm³/mol. The van der Waals surface area contributed by atoms with Crippen molar-refractivity contribution in [3.63, 3.8) is 0 Å². The zero-order valence-corrected chi connectivity index (χ0v) is 13.5. The van der Waals surface area contributed by atoms with Crippen LogP contribution in [0.1, 0.15) is 14.5 Å². The number of aromatic nitrogens is 1. The van der Waals surface area contributed by atoms with E-state index in [1.165, 1.54) is 30.7 Å². The molecule has 8 heteroatoms. The van der Waals surface area contributed by atoms with E-state index in [2.05, 4.69) is 31.0 Å². The lowest BCUT2D eigenvalue weighted by molar-refractivity contribution is -0.111. The topological polar surface area (TPSA) is 68.3 Å². The number of carbonyl (C=O) groups is 2. The van der Waals surface area contributed by atoms with Gasteiger partial charge in [0.25, 0.3) is 0 Å². The van der Waals surface area contributed by atoms with Gasteiger partial charge in [0.15, 0.2) is 5.13 Å². The molecule has 0 bridgehead atoms. The number of carbonyl (C=O) groups excluding carboxylic acids is 2. The summed E-state index contributed by atoms with van der Waals surface area (Å²) in [6, 6.07) is 3.81. The minimum absolute atomic E-state index is 0.305. The molecule has 0 aliphatic rings. The molecule has 1 amide bonds. The summed E-state index contributed by atoms with van der Waals surface area (Å²) in [5, 5.41) is 2.94. The normalized spacial score (nSPS) is 10.7. The van der Waals surface area contributed by atoms with Gasteiger partial charge in [0.1, 0.15) is 4.88 Å². The Balaban J connectivity index is 1.96. The molecule has 5 nitrogen and oxygen atoms in total. The molecular formula is C12H9BrN2O3S2. The molecule has 2 heterocycles. The summed E-state index contributed by atoms with van der Waals surface area (Å²) in [6.07, 6.45) is 4.49. The maximum absolute atomic E-state index is 11.7. The average molecular weight is 373 g/mol. The molecule has 0 unspecified atom stereocenters. The lowest BCUT2D eigenvalue weighted by atomic mass is 10.4. The van der Waals surface area contributed by atoms with Gasteiger partial charge in [-0.1, -0.05) is 11.3 Å². The summed E-state index contributed by atoms with van der Waals surface area (Å²) >= 11 is 5.93. The first-order valence-corrected chi connectivity index (χ1v) is 7.79. The minimum Gasteiger partial charge on any atom is -0.465 e. The Hall–Kier alpha value is -1.51. The SMILES string of the molecule is COC(=O)c1cnc(NC(=O)C=Cc2ccc(Br)s2)s1. The lowest BCUT2D eigenvalue weighted by Gasteiger charge is -1.95. The molecule has 0 radical (unpaired) electrons. The van der Waals surface area contributed by atoms with Crippen LogP contribution >= 0.6 is 38.6 Å². The molecule has 104 valence electrons. The molecule has 2 aromatic heterocycles. The first-order chi connectivity index (χ1) is 9.58. The number of esters is 1. The number of hydrogen-bond acceptors (Lipinski definition) is 6. The van der Waals surface area contributed by atoms with Crippen molar-refractivity contribution in [2.24, 2.45) is 0 Å². The lowest BCUT2D eigenvalue weighted by Crippen LogP contribution is -2.06. The van der Waals surface area contributed by atoms with Crippen LogP contribution < -0.4 is 5.32 Å². The second-order valence-electron chi connectivity index (χ2n) is 3.49. The Bertz CT molecular complexity index is 663. The number of nitrogens with zero attached hydrogens (tertiary/aromatic N) is 1. The van der Waals surface area contributed by atoms with Gasteiger partial charge in [-0.15, -0.1) is 11.3 Å². The number of thiophene rings is 1. The van der Waals surface area contributed by atoms with Gasteiger partial charge >= 0.3 is 5.97 Å². The van der Waals surface area contributed by atoms with E-state index in [0.717, 1.165) is 20.0 Å². The molecule has 0 saturated carbocycles. The molecule has 0 spiro atoms. The highest BCUT2D eigenvalue weighted by Gasteiger charge is 2.11. The van der Waals surface area contributed by atoms with E-state index in [4.69, 9.17) is 0 Å². The smallest absolute Gasteiger partial charge is 0.349 e. The molecule has 1 N–H and O–H groups in total.